The Balaban J connectivity index is 1.32. The first-order valence-corrected chi connectivity index (χ1v) is 15.2. The van der Waals surface area contributed by atoms with E-state index in [0.717, 1.165) is 77.6 Å². The minimum Gasteiger partial charge on any atom is -0.444 e. The second-order valence-corrected chi connectivity index (χ2v) is 12.4. The summed E-state index contributed by atoms with van der Waals surface area (Å²) in [5.41, 5.74) is 7.52. The van der Waals surface area contributed by atoms with Gasteiger partial charge in [-0.25, -0.2) is 9.78 Å². The Bertz CT molecular complexity index is 1670. The van der Waals surface area contributed by atoms with Crippen LogP contribution in [0.2, 0.25) is 0 Å². The zero-order valence-electron chi connectivity index (χ0n) is 25.2. The van der Waals surface area contributed by atoms with Crippen LogP contribution in [0, 0.1) is 0 Å². The molecular formula is C36H39N5O2. The molecule has 0 aliphatic heterocycles. The van der Waals surface area contributed by atoms with Gasteiger partial charge in [-0.15, -0.1) is 0 Å². The molecule has 3 aromatic heterocycles. The molecule has 2 aliphatic rings. The van der Waals surface area contributed by atoms with E-state index in [1.54, 1.807) is 0 Å². The average Bonchev–Trinajstić information content (AvgIpc) is 2.99. The number of carbonyl (C=O) groups is 1. The monoisotopic (exact) mass is 573 g/mol. The maximum Gasteiger partial charge on any atom is 0.408 e. The highest BCUT2D eigenvalue weighted by atomic mass is 16.6. The van der Waals surface area contributed by atoms with Crippen LogP contribution in [0.5, 0.6) is 0 Å². The largest absolute Gasteiger partial charge is 0.444 e. The third kappa shape index (κ3) is 6.52. The molecule has 7 heteroatoms. The molecule has 3 heterocycles. The molecule has 0 atom stereocenters. The standard InChI is InChI=1S/C36H39N5O2/c1-35(2,3)43-34(42)41-36(17-7-18-36)28-12-10-27(11-13-28)33-29(26-8-5-4-6-9-26)22-30-31(40-33)16-21-39-32(30)24-38-23-25-14-19-37-20-15-25/h5,8-16,19-22,38H,4,6-7,17-18,23-24H2,1-3H3,(H,41,42). The summed E-state index contributed by atoms with van der Waals surface area (Å²) in [6, 6.07) is 16.8. The van der Waals surface area contributed by atoms with E-state index in [2.05, 4.69) is 64.2 Å². The number of aromatic nitrogens is 3. The first-order valence-electron chi connectivity index (χ1n) is 15.2. The smallest absolute Gasteiger partial charge is 0.408 e. The molecule has 7 nitrogen and oxygen atoms in total. The average molecular weight is 574 g/mol. The molecule has 1 amide bonds. The van der Waals surface area contributed by atoms with Crippen molar-refractivity contribution in [1.82, 2.24) is 25.6 Å². The van der Waals surface area contributed by atoms with Crippen molar-refractivity contribution in [3.8, 4) is 11.3 Å². The number of ether oxygens (including phenoxy) is 1. The van der Waals surface area contributed by atoms with Gasteiger partial charge in [-0.2, -0.15) is 0 Å². The molecule has 43 heavy (non-hydrogen) atoms. The van der Waals surface area contributed by atoms with Gasteiger partial charge in [0, 0.05) is 48.2 Å². The summed E-state index contributed by atoms with van der Waals surface area (Å²) in [4.78, 5) is 26.7. The molecule has 1 fully saturated rings. The van der Waals surface area contributed by atoms with Crippen LogP contribution in [0.1, 0.15) is 75.3 Å². The number of amides is 1. The second kappa shape index (κ2) is 12.1. The van der Waals surface area contributed by atoms with Gasteiger partial charge in [0.1, 0.15) is 5.60 Å². The van der Waals surface area contributed by atoms with Crippen molar-refractivity contribution in [2.45, 2.75) is 77.1 Å². The third-order valence-electron chi connectivity index (χ3n) is 8.16. The number of alkyl carbamates (subject to hydrolysis) is 1. The van der Waals surface area contributed by atoms with Gasteiger partial charge in [0.05, 0.1) is 22.4 Å². The Morgan fingerprint density at radius 2 is 1.77 bits per heavy atom. The lowest BCUT2D eigenvalue weighted by Gasteiger charge is -2.43. The first kappa shape index (κ1) is 28.7. The van der Waals surface area contributed by atoms with Gasteiger partial charge in [0.15, 0.2) is 0 Å². The van der Waals surface area contributed by atoms with Gasteiger partial charge < -0.3 is 15.4 Å². The van der Waals surface area contributed by atoms with E-state index < -0.39 is 5.60 Å². The summed E-state index contributed by atoms with van der Waals surface area (Å²) >= 11 is 0. The molecular weight excluding hydrogens is 534 g/mol. The maximum atomic E-state index is 12.7. The van der Waals surface area contributed by atoms with Crippen LogP contribution in [0.25, 0.3) is 27.7 Å². The highest BCUT2D eigenvalue weighted by molar-refractivity contribution is 5.93. The van der Waals surface area contributed by atoms with E-state index in [9.17, 15) is 4.79 Å². The SMILES string of the molecule is CC(C)(C)OC(=O)NC1(c2ccc(-c3nc4ccnc(CNCc5ccncc5)c4cc3C3=CCCC=C3)cc2)CCC1. The molecule has 2 aliphatic carbocycles. The number of pyridine rings is 3. The lowest BCUT2D eigenvalue weighted by molar-refractivity contribution is 0.0377. The van der Waals surface area contributed by atoms with Crippen molar-refractivity contribution in [2.75, 3.05) is 0 Å². The van der Waals surface area contributed by atoms with E-state index in [1.807, 2.05) is 57.6 Å². The fourth-order valence-corrected chi connectivity index (χ4v) is 5.84. The topological polar surface area (TPSA) is 89.0 Å². The summed E-state index contributed by atoms with van der Waals surface area (Å²) < 4.78 is 5.58. The van der Waals surface area contributed by atoms with E-state index in [4.69, 9.17) is 14.7 Å². The van der Waals surface area contributed by atoms with Crippen LogP contribution in [0.3, 0.4) is 0 Å². The molecule has 0 bridgehead atoms. The fourth-order valence-electron chi connectivity index (χ4n) is 5.84. The maximum absolute atomic E-state index is 12.7. The van der Waals surface area contributed by atoms with E-state index in [1.165, 1.54) is 11.1 Å². The van der Waals surface area contributed by atoms with Crippen molar-refractivity contribution in [3.05, 3.63) is 108 Å². The molecule has 1 saturated carbocycles. The highest BCUT2D eigenvalue weighted by Gasteiger charge is 2.41. The van der Waals surface area contributed by atoms with Gasteiger partial charge in [0.25, 0.3) is 0 Å². The van der Waals surface area contributed by atoms with Crippen LogP contribution in [-0.2, 0) is 23.4 Å². The van der Waals surface area contributed by atoms with Crippen molar-refractivity contribution in [1.29, 1.82) is 0 Å². The first-order chi connectivity index (χ1) is 20.8. The Morgan fingerprint density at radius 1 is 0.977 bits per heavy atom. The van der Waals surface area contributed by atoms with Crippen LogP contribution in [-0.4, -0.2) is 26.6 Å². The number of rotatable bonds is 8. The van der Waals surface area contributed by atoms with Crippen LogP contribution in [0.4, 0.5) is 4.79 Å². The van der Waals surface area contributed by atoms with Gasteiger partial charge >= 0.3 is 6.09 Å². The molecule has 220 valence electrons. The summed E-state index contributed by atoms with van der Waals surface area (Å²) in [5, 5.41) is 7.75. The predicted molar refractivity (Wildman–Crippen MR) is 171 cm³/mol. The molecule has 0 radical (unpaired) electrons. The van der Waals surface area contributed by atoms with Gasteiger partial charge in [-0.1, -0.05) is 42.5 Å². The minimum atomic E-state index is -0.537. The van der Waals surface area contributed by atoms with Crippen molar-refractivity contribution < 1.29 is 9.53 Å². The molecule has 0 saturated heterocycles. The molecule has 0 spiro atoms. The Labute approximate surface area is 253 Å². The summed E-state index contributed by atoms with van der Waals surface area (Å²) in [7, 11) is 0. The van der Waals surface area contributed by atoms with Crippen molar-refractivity contribution in [2.24, 2.45) is 0 Å². The Hall–Kier alpha value is -4.36. The number of allylic oxidation sites excluding steroid dienone is 4. The third-order valence-corrected chi connectivity index (χ3v) is 8.16. The quantitative estimate of drug-likeness (QED) is 0.225. The number of carbonyl (C=O) groups excluding carboxylic acids is 1. The van der Waals surface area contributed by atoms with Crippen molar-refractivity contribution in [3.63, 3.8) is 0 Å². The summed E-state index contributed by atoms with van der Waals surface area (Å²) in [6.45, 7) is 7.04. The molecule has 6 rings (SSSR count). The lowest BCUT2D eigenvalue weighted by atomic mass is 9.71. The summed E-state index contributed by atoms with van der Waals surface area (Å²) in [6.07, 6.45) is 16.8. The van der Waals surface area contributed by atoms with Crippen molar-refractivity contribution >= 4 is 22.6 Å². The number of nitrogens with one attached hydrogen (secondary N) is 2. The van der Waals surface area contributed by atoms with Crippen LogP contribution < -0.4 is 10.6 Å². The number of hydrogen-bond acceptors (Lipinski definition) is 6. The Kier molecular flexibility index (Phi) is 8.08. The highest BCUT2D eigenvalue weighted by Crippen LogP contribution is 2.42. The minimum absolute atomic E-state index is 0.370. The molecule has 0 unspecified atom stereocenters. The number of nitrogens with zero attached hydrogens (tertiary/aromatic N) is 3. The summed E-state index contributed by atoms with van der Waals surface area (Å²) in [5.74, 6) is 0. The van der Waals surface area contributed by atoms with Crippen LogP contribution >= 0.6 is 0 Å². The lowest BCUT2D eigenvalue weighted by Crippen LogP contribution is -2.52. The van der Waals surface area contributed by atoms with Gasteiger partial charge in [0.2, 0.25) is 0 Å². The van der Waals surface area contributed by atoms with Gasteiger partial charge in [-0.05, 0) is 93.8 Å². The Morgan fingerprint density at radius 3 is 2.44 bits per heavy atom. The zero-order valence-corrected chi connectivity index (χ0v) is 25.2. The fraction of sp³-hybridized carbons (Fsp3) is 0.333. The number of fused-ring (bicyclic) bond motifs is 1. The predicted octanol–water partition coefficient (Wildman–Crippen LogP) is 7.62. The van der Waals surface area contributed by atoms with E-state index in [-0.39, 0.29) is 11.6 Å². The second-order valence-electron chi connectivity index (χ2n) is 12.4. The normalized spacial score (nSPS) is 15.9. The number of hydrogen-bond donors (Lipinski definition) is 2. The number of benzene rings is 1. The zero-order chi connectivity index (χ0) is 29.9. The van der Waals surface area contributed by atoms with E-state index in [0.29, 0.717) is 6.54 Å². The molecule has 1 aromatic carbocycles. The van der Waals surface area contributed by atoms with E-state index >= 15 is 0 Å². The van der Waals surface area contributed by atoms with Crippen LogP contribution in [0.15, 0.2) is 85.3 Å². The molecule has 4 aromatic rings. The molecule has 2 N–H and O–H groups in total. The van der Waals surface area contributed by atoms with Gasteiger partial charge in [-0.3, -0.25) is 9.97 Å².